The zero-order chi connectivity index (χ0) is 12.1. The Kier molecular flexibility index (Phi) is 4.28. The molecule has 0 amide bonds. The van der Waals surface area contributed by atoms with Gasteiger partial charge in [0.1, 0.15) is 24.0 Å². The first-order valence-corrected chi connectivity index (χ1v) is 5.76. The van der Waals surface area contributed by atoms with Gasteiger partial charge in [-0.05, 0) is 0 Å². The second-order valence-electron chi connectivity index (χ2n) is 4.05. The van der Waals surface area contributed by atoms with Crippen LogP contribution in [0.2, 0.25) is 0 Å². The first-order chi connectivity index (χ1) is 8.24. The average molecular weight is 242 g/mol. The number of halogens is 2. The summed E-state index contributed by atoms with van der Waals surface area (Å²) in [6.07, 6.45) is 0. The second-order valence-corrected chi connectivity index (χ2v) is 4.05. The molecule has 1 aliphatic rings. The zero-order valence-electron chi connectivity index (χ0n) is 9.59. The highest BCUT2D eigenvalue weighted by molar-refractivity contribution is 5.23. The second kappa shape index (κ2) is 5.93. The number of rotatable bonds is 4. The van der Waals surface area contributed by atoms with Crippen molar-refractivity contribution in [1.82, 2.24) is 10.2 Å². The number of hydrogen-bond acceptors (Lipinski definition) is 3. The van der Waals surface area contributed by atoms with Crippen LogP contribution in [0.5, 0.6) is 5.75 Å². The van der Waals surface area contributed by atoms with Gasteiger partial charge in [-0.3, -0.25) is 4.90 Å². The first kappa shape index (κ1) is 12.3. The lowest BCUT2D eigenvalue weighted by Gasteiger charge is -2.26. The minimum Gasteiger partial charge on any atom is -0.492 e. The summed E-state index contributed by atoms with van der Waals surface area (Å²) in [4.78, 5) is 2.26. The van der Waals surface area contributed by atoms with E-state index in [0.717, 1.165) is 38.8 Å². The third-order valence-corrected chi connectivity index (χ3v) is 2.72. The summed E-state index contributed by atoms with van der Waals surface area (Å²) in [7, 11) is 0. The third-order valence-electron chi connectivity index (χ3n) is 2.72. The fourth-order valence-electron chi connectivity index (χ4n) is 1.84. The molecular weight excluding hydrogens is 226 g/mol. The number of benzene rings is 1. The lowest BCUT2D eigenvalue weighted by atomic mass is 10.3. The average Bonchev–Trinajstić information content (AvgIpc) is 2.29. The van der Waals surface area contributed by atoms with Crippen LogP contribution < -0.4 is 10.1 Å². The summed E-state index contributed by atoms with van der Waals surface area (Å²) < 4.78 is 31.1. The van der Waals surface area contributed by atoms with Crippen LogP contribution in [0, 0.1) is 11.6 Å². The quantitative estimate of drug-likeness (QED) is 0.860. The highest BCUT2D eigenvalue weighted by atomic mass is 19.1. The highest BCUT2D eigenvalue weighted by Crippen LogP contribution is 2.15. The topological polar surface area (TPSA) is 24.5 Å². The molecule has 0 saturated carbocycles. The third kappa shape index (κ3) is 3.94. The summed E-state index contributed by atoms with van der Waals surface area (Å²) in [6.45, 7) is 5.16. The van der Waals surface area contributed by atoms with Crippen molar-refractivity contribution in [2.45, 2.75) is 0 Å². The van der Waals surface area contributed by atoms with Gasteiger partial charge < -0.3 is 10.1 Å². The molecule has 0 aliphatic carbocycles. The highest BCUT2D eigenvalue weighted by Gasteiger charge is 2.09. The first-order valence-electron chi connectivity index (χ1n) is 5.76. The minimum atomic E-state index is -0.609. The Bertz CT molecular complexity index is 347. The molecule has 1 saturated heterocycles. The van der Waals surface area contributed by atoms with Gasteiger partial charge in [-0.15, -0.1) is 0 Å². The molecule has 0 radical (unpaired) electrons. The van der Waals surface area contributed by atoms with E-state index in [0.29, 0.717) is 6.61 Å². The molecule has 0 aromatic heterocycles. The predicted molar refractivity (Wildman–Crippen MR) is 61.2 cm³/mol. The van der Waals surface area contributed by atoms with Crippen LogP contribution in [0.3, 0.4) is 0 Å². The van der Waals surface area contributed by atoms with Gasteiger partial charge in [-0.1, -0.05) is 0 Å². The molecule has 3 nitrogen and oxygen atoms in total. The van der Waals surface area contributed by atoms with E-state index < -0.39 is 11.6 Å². The van der Waals surface area contributed by atoms with Gasteiger partial charge in [0.05, 0.1) is 0 Å². The molecule has 1 heterocycles. The van der Waals surface area contributed by atoms with Crippen molar-refractivity contribution in [3.8, 4) is 5.75 Å². The van der Waals surface area contributed by atoms with Crippen molar-refractivity contribution in [2.24, 2.45) is 0 Å². The Morgan fingerprint density at radius 1 is 1.12 bits per heavy atom. The molecule has 1 aromatic carbocycles. The molecule has 1 fully saturated rings. The Balaban J connectivity index is 1.77. The van der Waals surface area contributed by atoms with E-state index in [1.165, 1.54) is 12.1 Å². The van der Waals surface area contributed by atoms with Crippen molar-refractivity contribution in [2.75, 3.05) is 39.3 Å². The maximum absolute atomic E-state index is 12.9. The van der Waals surface area contributed by atoms with Crippen molar-refractivity contribution in [3.05, 3.63) is 29.8 Å². The number of nitrogens with one attached hydrogen (secondary N) is 1. The molecule has 0 spiro atoms. The number of nitrogens with zero attached hydrogens (tertiary/aromatic N) is 1. The standard InChI is InChI=1S/C12H16F2N2O/c13-10-7-11(14)9-12(8-10)17-6-5-16-3-1-15-2-4-16/h7-9,15H,1-6H2. The van der Waals surface area contributed by atoms with Gasteiger partial charge in [0.15, 0.2) is 0 Å². The Morgan fingerprint density at radius 3 is 2.41 bits per heavy atom. The van der Waals surface area contributed by atoms with Crippen LogP contribution in [-0.4, -0.2) is 44.2 Å². The molecule has 94 valence electrons. The van der Waals surface area contributed by atoms with Crippen LogP contribution in [0.4, 0.5) is 8.78 Å². The van der Waals surface area contributed by atoms with Crippen LogP contribution >= 0.6 is 0 Å². The van der Waals surface area contributed by atoms with Crippen molar-refractivity contribution >= 4 is 0 Å². The maximum Gasteiger partial charge on any atom is 0.129 e. The van der Waals surface area contributed by atoms with Crippen molar-refractivity contribution in [1.29, 1.82) is 0 Å². The normalized spacial score (nSPS) is 17.1. The van der Waals surface area contributed by atoms with Gasteiger partial charge in [0, 0.05) is 50.9 Å². The van der Waals surface area contributed by atoms with E-state index in [1.54, 1.807) is 0 Å². The molecule has 0 atom stereocenters. The zero-order valence-corrected chi connectivity index (χ0v) is 9.59. The molecule has 5 heteroatoms. The molecule has 0 bridgehead atoms. The van der Waals surface area contributed by atoms with Gasteiger partial charge >= 0.3 is 0 Å². The van der Waals surface area contributed by atoms with E-state index in [-0.39, 0.29) is 5.75 Å². The van der Waals surface area contributed by atoms with Gasteiger partial charge in [-0.2, -0.15) is 0 Å². The van der Waals surface area contributed by atoms with E-state index in [9.17, 15) is 8.78 Å². The smallest absolute Gasteiger partial charge is 0.129 e. The number of hydrogen-bond donors (Lipinski definition) is 1. The molecule has 1 N–H and O–H groups in total. The Morgan fingerprint density at radius 2 is 1.76 bits per heavy atom. The van der Waals surface area contributed by atoms with E-state index in [2.05, 4.69) is 10.2 Å². The largest absolute Gasteiger partial charge is 0.492 e. The SMILES string of the molecule is Fc1cc(F)cc(OCCN2CCNCC2)c1. The Hall–Kier alpha value is -1.20. The molecule has 1 aromatic rings. The minimum absolute atomic E-state index is 0.248. The molecule has 0 unspecified atom stereocenters. The summed E-state index contributed by atoms with van der Waals surface area (Å²) in [6, 6.07) is 3.23. The van der Waals surface area contributed by atoms with E-state index in [4.69, 9.17) is 4.74 Å². The number of piperazine rings is 1. The van der Waals surface area contributed by atoms with Gasteiger partial charge in [0.2, 0.25) is 0 Å². The Labute approximate surface area is 99.4 Å². The van der Waals surface area contributed by atoms with E-state index in [1.807, 2.05) is 0 Å². The monoisotopic (exact) mass is 242 g/mol. The van der Waals surface area contributed by atoms with Crippen LogP contribution in [0.1, 0.15) is 0 Å². The van der Waals surface area contributed by atoms with Crippen LogP contribution in [0.25, 0.3) is 0 Å². The van der Waals surface area contributed by atoms with E-state index >= 15 is 0 Å². The summed E-state index contributed by atoms with van der Waals surface area (Å²) in [5.41, 5.74) is 0. The molecule has 17 heavy (non-hydrogen) atoms. The van der Waals surface area contributed by atoms with Gasteiger partial charge in [0.25, 0.3) is 0 Å². The van der Waals surface area contributed by atoms with Crippen molar-refractivity contribution in [3.63, 3.8) is 0 Å². The van der Waals surface area contributed by atoms with Crippen LogP contribution in [0.15, 0.2) is 18.2 Å². The maximum atomic E-state index is 12.9. The summed E-state index contributed by atoms with van der Waals surface area (Å²) >= 11 is 0. The van der Waals surface area contributed by atoms with Crippen LogP contribution in [-0.2, 0) is 0 Å². The molecule has 2 rings (SSSR count). The fourth-order valence-corrected chi connectivity index (χ4v) is 1.84. The fraction of sp³-hybridized carbons (Fsp3) is 0.500. The van der Waals surface area contributed by atoms with Crippen molar-refractivity contribution < 1.29 is 13.5 Å². The summed E-state index contributed by atoms with van der Waals surface area (Å²) in [5, 5.41) is 3.26. The lowest BCUT2D eigenvalue weighted by molar-refractivity contribution is 0.191. The lowest BCUT2D eigenvalue weighted by Crippen LogP contribution is -2.44. The number of ether oxygens (including phenoxy) is 1. The molecule has 1 aliphatic heterocycles. The predicted octanol–water partition coefficient (Wildman–Crippen LogP) is 1.25. The summed E-state index contributed by atoms with van der Waals surface area (Å²) in [5.74, 6) is -0.970. The van der Waals surface area contributed by atoms with Gasteiger partial charge in [-0.25, -0.2) is 8.78 Å². The molecular formula is C12H16F2N2O.